The molecule has 6 nitrogen and oxygen atoms in total. The van der Waals surface area contributed by atoms with Crippen molar-refractivity contribution in [1.29, 1.82) is 0 Å². The molecular formula is C12H19N3O3. The van der Waals surface area contributed by atoms with Gasteiger partial charge in [-0.15, -0.1) is 0 Å². The molecule has 0 radical (unpaired) electrons. The average molecular weight is 253 g/mol. The number of anilines is 1. The van der Waals surface area contributed by atoms with Gasteiger partial charge in [0.25, 0.3) is 0 Å². The quantitative estimate of drug-likeness (QED) is 0.745. The van der Waals surface area contributed by atoms with Gasteiger partial charge in [0.15, 0.2) is 0 Å². The Labute approximate surface area is 106 Å². The van der Waals surface area contributed by atoms with Gasteiger partial charge in [0, 0.05) is 13.6 Å². The second-order valence-electron chi connectivity index (χ2n) is 4.95. The van der Waals surface area contributed by atoms with Crippen LogP contribution in [0.1, 0.15) is 35.3 Å². The predicted molar refractivity (Wildman–Crippen MR) is 66.7 cm³/mol. The number of aliphatic hydroxyl groups is 1. The minimum Gasteiger partial charge on any atom is -0.477 e. The summed E-state index contributed by atoms with van der Waals surface area (Å²) in [5.74, 6) is -0.0206. The zero-order valence-electron chi connectivity index (χ0n) is 10.7. The topological polar surface area (TPSA) is 87.4 Å². The summed E-state index contributed by atoms with van der Waals surface area (Å²) < 4.78 is 1.56. The Bertz CT molecular complexity index is 456. The second kappa shape index (κ2) is 4.97. The van der Waals surface area contributed by atoms with E-state index >= 15 is 0 Å². The fourth-order valence-corrected chi connectivity index (χ4v) is 2.59. The maximum Gasteiger partial charge on any atom is 0.341 e. The van der Waals surface area contributed by atoms with E-state index in [1.807, 2.05) is 0 Å². The third-order valence-corrected chi connectivity index (χ3v) is 3.51. The van der Waals surface area contributed by atoms with Crippen LogP contribution in [0.25, 0.3) is 0 Å². The van der Waals surface area contributed by atoms with Crippen molar-refractivity contribution in [3.05, 3.63) is 11.3 Å². The Kier molecular flexibility index (Phi) is 3.56. The lowest BCUT2D eigenvalue weighted by atomic mass is 10.1. The summed E-state index contributed by atoms with van der Waals surface area (Å²) in [6, 6.07) is 0. The molecule has 2 rings (SSSR count). The van der Waals surface area contributed by atoms with E-state index in [-0.39, 0.29) is 11.7 Å². The number of aromatic nitrogens is 2. The van der Waals surface area contributed by atoms with Crippen molar-refractivity contribution in [1.82, 2.24) is 9.78 Å². The number of nitrogens with zero attached hydrogens (tertiary/aromatic N) is 2. The van der Waals surface area contributed by atoms with E-state index in [0.717, 1.165) is 19.3 Å². The van der Waals surface area contributed by atoms with Gasteiger partial charge in [0.1, 0.15) is 11.4 Å². The minimum absolute atomic E-state index is 0.205. The number of carboxylic acids is 1. The van der Waals surface area contributed by atoms with Crippen molar-refractivity contribution in [2.24, 2.45) is 13.0 Å². The standard InChI is InChI=1S/C12H19N3O3/c1-7-10(12(17)18)11(15(2)14-7)13-6-8-3-4-9(16)5-8/h8-9,13,16H,3-6H2,1-2H3,(H,17,18). The first-order chi connectivity index (χ1) is 8.49. The minimum atomic E-state index is -0.963. The summed E-state index contributed by atoms with van der Waals surface area (Å²) in [6.07, 6.45) is 2.39. The first-order valence-electron chi connectivity index (χ1n) is 6.18. The summed E-state index contributed by atoms with van der Waals surface area (Å²) in [5, 5.41) is 25.9. The highest BCUT2D eigenvalue weighted by atomic mass is 16.4. The Balaban J connectivity index is 2.07. The summed E-state index contributed by atoms with van der Waals surface area (Å²) in [4.78, 5) is 11.2. The Hall–Kier alpha value is -1.56. The molecule has 0 spiro atoms. The molecule has 0 bridgehead atoms. The van der Waals surface area contributed by atoms with Gasteiger partial charge in [0.05, 0.1) is 11.8 Å². The zero-order chi connectivity index (χ0) is 13.3. The van der Waals surface area contributed by atoms with Crippen LogP contribution in [-0.4, -0.2) is 38.6 Å². The molecule has 3 N–H and O–H groups in total. The van der Waals surface area contributed by atoms with Crippen LogP contribution in [0.4, 0.5) is 5.82 Å². The van der Waals surface area contributed by atoms with Crippen molar-refractivity contribution in [3.8, 4) is 0 Å². The third-order valence-electron chi connectivity index (χ3n) is 3.51. The van der Waals surface area contributed by atoms with Crippen molar-refractivity contribution >= 4 is 11.8 Å². The number of aromatic carboxylic acids is 1. The van der Waals surface area contributed by atoms with Gasteiger partial charge in [-0.3, -0.25) is 4.68 Å². The number of aryl methyl sites for hydroxylation is 2. The lowest BCUT2D eigenvalue weighted by Crippen LogP contribution is -2.16. The van der Waals surface area contributed by atoms with Crippen molar-refractivity contribution in [2.75, 3.05) is 11.9 Å². The number of rotatable bonds is 4. The van der Waals surface area contributed by atoms with Crippen molar-refractivity contribution in [3.63, 3.8) is 0 Å². The van der Waals surface area contributed by atoms with Gasteiger partial charge >= 0.3 is 5.97 Å². The molecule has 6 heteroatoms. The summed E-state index contributed by atoms with van der Waals surface area (Å²) >= 11 is 0. The Morgan fingerprint density at radius 1 is 1.56 bits per heavy atom. The van der Waals surface area contributed by atoms with Crippen LogP contribution in [0.5, 0.6) is 0 Å². The van der Waals surface area contributed by atoms with Gasteiger partial charge in [-0.2, -0.15) is 5.10 Å². The zero-order valence-corrected chi connectivity index (χ0v) is 10.7. The maximum absolute atomic E-state index is 11.2. The lowest BCUT2D eigenvalue weighted by Gasteiger charge is -2.12. The largest absolute Gasteiger partial charge is 0.477 e. The van der Waals surface area contributed by atoms with Crippen LogP contribution in [0.2, 0.25) is 0 Å². The predicted octanol–water partition coefficient (Wildman–Crippen LogP) is 1.000. The average Bonchev–Trinajstić information content (AvgIpc) is 2.79. The molecule has 1 aliphatic carbocycles. The van der Waals surface area contributed by atoms with E-state index in [9.17, 15) is 9.90 Å². The summed E-state index contributed by atoms with van der Waals surface area (Å²) in [6.45, 7) is 2.37. The smallest absolute Gasteiger partial charge is 0.341 e. The highest BCUT2D eigenvalue weighted by molar-refractivity contribution is 5.94. The molecule has 100 valence electrons. The Morgan fingerprint density at radius 3 is 2.83 bits per heavy atom. The van der Waals surface area contributed by atoms with E-state index in [2.05, 4.69) is 10.4 Å². The van der Waals surface area contributed by atoms with E-state index in [1.54, 1.807) is 18.7 Å². The van der Waals surface area contributed by atoms with Gasteiger partial charge in [-0.25, -0.2) is 4.79 Å². The third kappa shape index (κ3) is 2.48. The number of carboxylic acid groups (broad SMARTS) is 1. The van der Waals surface area contributed by atoms with Crippen LogP contribution in [0, 0.1) is 12.8 Å². The molecular weight excluding hydrogens is 234 g/mol. The van der Waals surface area contributed by atoms with Gasteiger partial charge in [-0.1, -0.05) is 0 Å². The van der Waals surface area contributed by atoms with Crippen molar-refractivity contribution in [2.45, 2.75) is 32.3 Å². The molecule has 2 unspecified atom stereocenters. The van der Waals surface area contributed by atoms with Crippen LogP contribution in [0.15, 0.2) is 0 Å². The van der Waals surface area contributed by atoms with E-state index in [4.69, 9.17) is 5.11 Å². The maximum atomic E-state index is 11.2. The van der Waals surface area contributed by atoms with Crippen LogP contribution < -0.4 is 5.32 Å². The second-order valence-corrected chi connectivity index (χ2v) is 4.95. The molecule has 1 aromatic rings. The number of hydrogen-bond acceptors (Lipinski definition) is 4. The molecule has 1 aliphatic rings. The lowest BCUT2D eigenvalue weighted by molar-refractivity contribution is 0.0697. The summed E-state index contributed by atoms with van der Waals surface area (Å²) in [5.41, 5.74) is 0.745. The van der Waals surface area contributed by atoms with E-state index in [1.165, 1.54) is 0 Å². The van der Waals surface area contributed by atoms with Gasteiger partial charge < -0.3 is 15.5 Å². The first kappa shape index (κ1) is 12.9. The number of aliphatic hydroxyl groups excluding tert-OH is 1. The SMILES string of the molecule is Cc1nn(C)c(NCC2CCC(O)C2)c1C(=O)O. The highest BCUT2D eigenvalue weighted by Gasteiger charge is 2.24. The number of nitrogens with one attached hydrogen (secondary N) is 1. The fourth-order valence-electron chi connectivity index (χ4n) is 2.59. The molecule has 0 saturated heterocycles. The summed E-state index contributed by atoms with van der Waals surface area (Å²) in [7, 11) is 1.73. The molecule has 1 saturated carbocycles. The monoisotopic (exact) mass is 253 g/mol. The number of hydrogen-bond donors (Lipinski definition) is 3. The molecule has 0 amide bonds. The van der Waals surface area contributed by atoms with Crippen LogP contribution in [0.3, 0.4) is 0 Å². The molecule has 1 fully saturated rings. The van der Waals surface area contributed by atoms with E-state index in [0.29, 0.717) is 24.0 Å². The molecule has 0 aliphatic heterocycles. The molecule has 1 aromatic heterocycles. The van der Waals surface area contributed by atoms with Crippen LogP contribution in [-0.2, 0) is 7.05 Å². The molecule has 18 heavy (non-hydrogen) atoms. The molecule has 1 heterocycles. The highest BCUT2D eigenvalue weighted by Crippen LogP contribution is 2.26. The molecule has 2 atom stereocenters. The molecule has 0 aromatic carbocycles. The normalized spacial score (nSPS) is 23.3. The van der Waals surface area contributed by atoms with E-state index < -0.39 is 5.97 Å². The Morgan fingerprint density at radius 2 is 2.28 bits per heavy atom. The van der Waals surface area contributed by atoms with Crippen LogP contribution >= 0.6 is 0 Å². The number of carbonyl (C=O) groups is 1. The fraction of sp³-hybridized carbons (Fsp3) is 0.667. The van der Waals surface area contributed by atoms with Gasteiger partial charge in [-0.05, 0) is 32.1 Å². The van der Waals surface area contributed by atoms with Gasteiger partial charge in [0.2, 0.25) is 0 Å². The first-order valence-corrected chi connectivity index (χ1v) is 6.18. The van der Waals surface area contributed by atoms with Crippen molar-refractivity contribution < 1.29 is 15.0 Å².